The summed E-state index contributed by atoms with van der Waals surface area (Å²) in [6.45, 7) is 2.06. The Morgan fingerprint density at radius 1 is 1.06 bits per heavy atom. The number of hydrogen-bond acceptors (Lipinski definition) is 7. The summed E-state index contributed by atoms with van der Waals surface area (Å²) < 4.78 is 29.6. The molecule has 4 aromatic rings. The molecule has 8 nitrogen and oxygen atoms in total. The number of hydrogen-bond donors (Lipinski definition) is 2. The van der Waals surface area contributed by atoms with Crippen molar-refractivity contribution < 1.29 is 8.42 Å². The Kier molecular flexibility index (Phi) is 6.17. The van der Waals surface area contributed by atoms with E-state index in [1.165, 1.54) is 12.1 Å². The van der Waals surface area contributed by atoms with E-state index in [-0.39, 0.29) is 16.3 Å². The number of aromatic nitrogens is 3. The van der Waals surface area contributed by atoms with E-state index in [4.69, 9.17) is 0 Å². The summed E-state index contributed by atoms with van der Waals surface area (Å²) in [5.74, 6) is 0.303. The van der Waals surface area contributed by atoms with Crippen LogP contribution in [0.4, 0.5) is 11.6 Å². The van der Waals surface area contributed by atoms with Crippen molar-refractivity contribution in [3.63, 3.8) is 0 Å². The van der Waals surface area contributed by atoms with Gasteiger partial charge in [0.2, 0.25) is 16.0 Å². The molecule has 2 aromatic heterocycles. The van der Waals surface area contributed by atoms with Crippen LogP contribution >= 0.6 is 11.3 Å². The fourth-order valence-electron chi connectivity index (χ4n) is 3.03. The summed E-state index contributed by atoms with van der Waals surface area (Å²) in [6.07, 6.45) is 1.59. The van der Waals surface area contributed by atoms with Crippen LogP contribution < -0.4 is 14.9 Å². The lowest BCUT2D eigenvalue weighted by molar-refractivity contribution is 0.581. The summed E-state index contributed by atoms with van der Waals surface area (Å²) in [5, 5.41) is 3.05. The van der Waals surface area contributed by atoms with Gasteiger partial charge >= 0.3 is 4.87 Å². The molecule has 10 heteroatoms. The molecule has 0 saturated carbocycles. The Balaban J connectivity index is 1.54. The van der Waals surface area contributed by atoms with Crippen LogP contribution in [0.3, 0.4) is 0 Å². The lowest BCUT2D eigenvalue weighted by atomic mass is 10.2. The van der Waals surface area contributed by atoms with Crippen LogP contribution in [0.5, 0.6) is 0 Å². The van der Waals surface area contributed by atoms with Crippen molar-refractivity contribution in [1.29, 1.82) is 0 Å². The van der Waals surface area contributed by atoms with E-state index in [2.05, 4.69) is 20.0 Å². The fraction of sp³-hybridized carbons (Fsp3) is 0.136. The summed E-state index contributed by atoms with van der Waals surface area (Å²) in [5.41, 5.74) is 2.84. The lowest BCUT2D eigenvalue weighted by Gasteiger charge is -2.10. The molecule has 0 unspecified atom stereocenters. The van der Waals surface area contributed by atoms with E-state index in [1.54, 1.807) is 36.0 Å². The van der Waals surface area contributed by atoms with E-state index >= 15 is 0 Å². The van der Waals surface area contributed by atoms with Gasteiger partial charge in [0.15, 0.2) is 0 Å². The second-order valence-corrected chi connectivity index (χ2v) is 9.80. The van der Waals surface area contributed by atoms with Gasteiger partial charge in [-0.05, 0) is 36.8 Å². The van der Waals surface area contributed by atoms with E-state index in [9.17, 15) is 13.2 Å². The van der Waals surface area contributed by atoms with Crippen molar-refractivity contribution in [3.05, 3.63) is 87.8 Å². The van der Waals surface area contributed by atoms with Gasteiger partial charge in [-0.1, -0.05) is 47.7 Å². The van der Waals surface area contributed by atoms with Crippen LogP contribution in [0.2, 0.25) is 0 Å². The largest absolute Gasteiger partial charge is 0.324 e. The number of rotatable bonds is 7. The molecule has 0 spiro atoms. The molecule has 0 atom stereocenters. The zero-order chi connectivity index (χ0) is 22.7. The fourth-order valence-corrected chi connectivity index (χ4v) is 5.04. The second-order valence-electron chi connectivity index (χ2n) is 7.07. The first-order valence-electron chi connectivity index (χ1n) is 9.74. The molecule has 4 rings (SSSR count). The summed E-state index contributed by atoms with van der Waals surface area (Å²) >= 11 is 1.12. The van der Waals surface area contributed by atoms with Gasteiger partial charge < -0.3 is 9.88 Å². The van der Waals surface area contributed by atoms with Crippen molar-refractivity contribution in [2.45, 2.75) is 18.4 Å². The van der Waals surface area contributed by atoms with E-state index in [0.29, 0.717) is 17.3 Å². The van der Waals surface area contributed by atoms with Gasteiger partial charge in [0.05, 0.1) is 15.5 Å². The number of anilines is 2. The first kappa shape index (κ1) is 21.9. The van der Waals surface area contributed by atoms with Gasteiger partial charge in [-0.15, -0.1) is 0 Å². The van der Waals surface area contributed by atoms with Crippen molar-refractivity contribution in [2.75, 3.05) is 5.32 Å². The molecule has 0 aliphatic rings. The van der Waals surface area contributed by atoms with Crippen LogP contribution in [0.15, 0.2) is 76.6 Å². The van der Waals surface area contributed by atoms with Crippen molar-refractivity contribution in [1.82, 2.24) is 19.3 Å². The third-order valence-corrected chi connectivity index (χ3v) is 7.45. The molecule has 0 amide bonds. The first-order chi connectivity index (χ1) is 15.3. The number of sulfonamides is 1. The number of thiazole rings is 1. The van der Waals surface area contributed by atoms with Crippen LogP contribution in [-0.4, -0.2) is 23.0 Å². The molecule has 2 heterocycles. The quantitative estimate of drug-likeness (QED) is 0.431. The Morgan fingerprint density at radius 2 is 1.84 bits per heavy atom. The zero-order valence-corrected chi connectivity index (χ0v) is 19.1. The van der Waals surface area contributed by atoms with Crippen molar-refractivity contribution >= 4 is 33.0 Å². The maximum Gasteiger partial charge on any atom is 0.307 e. The Labute approximate surface area is 189 Å². The predicted octanol–water partition coefficient (Wildman–Crippen LogP) is 3.43. The maximum absolute atomic E-state index is 12.7. The topological polar surface area (TPSA) is 106 Å². The molecule has 0 fully saturated rings. The highest BCUT2D eigenvalue weighted by atomic mass is 32.2. The lowest BCUT2D eigenvalue weighted by Crippen LogP contribution is -2.23. The van der Waals surface area contributed by atoms with E-state index in [1.807, 2.05) is 37.3 Å². The normalized spacial score (nSPS) is 11.4. The highest BCUT2D eigenvalue weighted by Crippen LogP contribution is 2.25. The van der Waals surface area contributed by atoms with E-state index in [0.717, 1.165) is 27.5 Å². The third-order valence-electron chi connectivity index (χ3n) is 4.89. The SMILES string of the molecule is Cc1c(-c2ccnc(Nc3cccc(S(=O)(=O)NCc4ccccc4)c3)n2)sc(=O)n1C. The first-order valence-corrected chi connectivity index (χ1v) is 12.0. The summed E-state index contributed by atoms with van der Waals surface area (Å²) in [6, 6.07) is 17.5. The molecule has 0 bridgehead atoms. The van der Waals surface area contributed by atoms with Crippen molar-refractivity contribution in [2.24, 2.45) is 7.05 Å². The molecular weight excluding hydrogens is 446 g/mol. The van der Waals surface area contributed by atoms with Gasteiger partial charge in [-0.3, -0.25) is 4.79 Å². The molecule has 2 aromatic carbocycles. The number of nitrogens with one attached hydrogen (secondary N) is 2. The molecule has 2 N–H and O–H groups in total. The molecule has 0 radical (unpaired) electrons. The monoisotopic (exact) mass is 467 g/mol. The highest BCUT2D eigenvalue weighted by Gasteiger charge is 2.15. The number of benzene rings is 2. The van der Waals surface area contributed by atoms with Gasteiger partial charge in [0, 0.05) is 31.2 Å². The third kappa shape index (κ3) is 4.77. The average Bonchev–Trinajstić information content (AvgIpc) is 3.06. The Hall–Kier alpha value is -3.34. The van der Waals surface area contributed by atoms with Crippen molar-refractivity contribution in [3.8, 4) is 10.6 Å². The standard InChI is InChI=1S/C22H21N5O3S2/c1-15-20(31-22(28)27(15)2)19-11-12-23-21(26-19)25-17-9-6-10-18(13-17)32(29,30)24-14-16-7-4-3-5-8-16/h3-13,24H,14H2,1-2H3,(H,23,25,26). The molecule has 0 aliphatic heterocycles. The highest BCUT2D eigenvalue weighted by molar-refractivity contribution is 7.89. The zero-order valence-electron chi connectivity index (χ0n) is 17.4. The molecule has 0 saturated heterocycles. The van der Waals surface area contributed by atoms with Gasteiger partial charge in [-0.2, -0.15) is 0 Å². The van der Waals surface area contributed by atoms with Crippen LogP contribution in [0.25, 0.3) is 10.6 Å². The number of nitrogens with zero attached hydrogens (tertiary/aromatic N) is 3. The summed E-state index contributed by atoms with van der Waals surface area (Å²) in [4.78, 5) is 21.5. The van der Waals surface area contributed by atoms with Crippen LogP contribution in [0.1, 0.15) is 11.3 Å². The Morgan fingerprint density at radius 3 is 2.56 bits per heavy atom. The van der Waals surface area contributed by atoms with E-state index < -0.39 is 10.0 Å². The molecular formula is C22H21N5O3S2. The minimum atomic E-state index is -3.70. The van der Waals surface area contributed by atoms with Gasteiger partial charge in [-0.25, -0.2) is 23.1 Å². The minimum Gasteiger partial charge on any atom is -0.324 e. The molecule has 32 heavy (non-hydrogen) atoms. The van der Waals surface area contributed by atoms with Gasteiger partial charge in [0.25, 0.3) is 0 Å². The second kappa shape index (κ2) is 9.03. The smallest absolute Gasteiger partial charge is 0.307 e. The van der Waals surface area contributed by atoms with Crippen LogP contribution in [-0.2, 0) is 23.6 Å². The predicted molar refractivity (Wildman–Crippen MR) is 126 cm³/mol. The van der Waals surface area contributed by atoms with Crippen LogP contribution in [0, 0.1) is 6.92 Å². The van der Waals surface area contributed by atoms with Gasteiger partial charge in [0.1, 0.15) is 0 Å². The molecule has 164 valence electrons. The maximum atomic E-state index is 12.7. The minimum absolute atomic E-state index is 0.0634. The summed E-state index contributed by atoms with van der Waals surface area (Å²) in [7, 11) is -1.98. The average molecular weight is 468 g/mol. The molecule has 0 aliphatic carbocycles. The Bertz CT molecular complexity index is 1410.